The van der Waals surface area contributed by atoms with E-state index < -0.39 is 0 Å². The highest BCUT2D eigenvalue weighted by Gasteiger charge is 2.36. The Morgan fingerprint density at radius 3 is 3.20 bits per heavy atom. The molecule has 0 bridgehead atoms. The Morgan fingerprint density at radius 2 is 2.33 bits per heavy atom. The van der Waals surface area contributed by atoms with E-state index in [1.54, 1.807) is 0 Å². The molecule has 2 aliphatic rings. The van der Waals surface area contributed by atoms with E-state index in [-0.39, 0.29) is 11.9 Å². The van der Waals surface area contributed by atoms with Gasteiger partial charge < -0.3 is 10.2 Å². The van der Waals surface area contributed by atoms with Gasteiger partial charge >= 0.3 is 0 Å². The number of benzene rings is 1. The quantitative estimate of drug-likeness (QED) is 0.716. The number of nitrogens with one attached hydrogen (secondary N) is 1. The minimum atomic E-state index is -0.0211. The number of rotatable bonds is 0. The Bertz CT molecular complexity index is 433. The molecule has 1 fully saturated rings. The van der Waals surface area contributed by atoms with Crippen LogP contribution in [0.4, 0.5) is 5.69 Å². The van der Waals surface area contributed by atoms with Gasteiger partial charge in [-0.05, 0) is 23.8 Å². The molecule has 1 aromatic carbocycles. The predicted molar refractivity (Wildman–Crippen MR) is 59.3 cm³/mol. The van der Waals surface area contributed by atoms with Crippen molar-refractivity contribution in [3.05, 3.63) is 28.8 Å². The lowest BCUT2D eigenvalue weighted by atomic mass is 10.1. The summed E-state index contributed by atoms with van der Waals surface area (Å²) < 4.78 is 0. The number of hydrogen-bond acceptors (Lipinski definition) is 2. The van der Waals surface area contributed by atoms with Crippen LogP contribution in [-0.4, -0.2) is 25.0 Å². The first-order valence-corrected chi connectivity index (χ1v) is 5.46. The normalized spacial score (nSPS) is 23.4. The fourth-order valence-corrected chi connectivity index (χ4v) is 2.61. The summed E-state index contributed by atoms with van der Waals surface area (Å²) in [6, 6.07) is 5.83. The highest BCUT2D eigenvalue weighted by Crippen LogP contribution is 2.34. The number of halogens is 1. The van der Waals surface area contributed by atoms with Crippen LogP contribution < -0.4 is 10.2 Å². The van der Waals surface area contributed by atoms with E-state index in [9.17, 15) is 4.79 Å². The molecular weight excluding hydrogens is 212 g/mol. The van der Waals surface area contributed by atoms with Crippen LogP contribution >= 0.6 is 11.6 Å². The van der Waals surface area contributed by atoms with Crippen LogP contribution in [0.3, 0.4) is 0 Å². The Kier molecular flexibility index (Phi) is 1.89. The summed E-state index contributed by atoms with van der Waals surface area (Å²) >= 11 is 5.94. The number of carbonyl (C=O) groups excluding carboxylic acids is 1. The molecule has 2 heterocycles. The molecule has 0 radical (unpaired) electrons. The lowest BCUT2D eigenvalue weighted by Crippen LogP contribution is -2.53. The molecular formula is C11H11ClN2O. The lowest BCUT2D eigenvalue weighted by molar-refractivity contribution is -0.123. The monoisotopic (exact) mass is 222 g/mol. The molecule has 3 nitrogen and oxygen atoms in total. The molecule has 2 aliphatic heterocycles. The third-order valence-electron chi connectivity index (χ3n) is 3.10. The summed E-state index contributed by atoms with van der Waals surface area (Å²) in [5.74, 6) is 0.133. The van der Waals surface area contributed by atoms with Gasteiger partial charge in [-0.15, -0.1) is 0 Å². The Morgan fingerprint density at radius 1 is 1.47 bits per heavy atom. The van der Waals surface area contributed by atoms with Gasteiger partial charge in [-0.2, -0.15) is 0 Å². The van der Waals surface area contributed by atoms with Crippen molar-refractivity contribution >= 4 is 23.2 Å². The van der Waals surface area contributed by atoms with Gasteiger partial charge in [-0.1, -0.05) is 11.6 Å². The van der Waals surface area contributed by atoms with Gasteiger partial charge in [-0.3, -0.25) is 4.79 Å². The van der Waals surface area contributed by atoms with Crippen LogP contribution in [0.5, 0.6) is 0 Å². The lowest BCUT2D eigenvalue weighted by Gasteiger charge is -2.31. The summed E-state index contributed by atoms with van der Waals surface area (Å²) in [6.45, 7) is 1.63. The standard InChI is InChI=1S/C11H11ClN2O/c12-8-1-2-9-7(5-8)6-10-11(15)13-3-4-14(9)10/h1-2,5,10H,3-4,6H2,(H,13,15). The second kappa shape index (κ2) is 3.14. The van der Waals surface area contributed by atoms with Gasteiger partial charge in [0, 0.05) is 30.2 Å². The van der Waals surface area contributed by atoms with Crippen molar-refractivity contribution < 1.29 is 4.79 Å². The summed E-state index contributed by atoms with van der Waals surface area (Å²) in [6.07, 6.45) is 0.779. The molecule has 1 unspecified atom stereocenters. The van der Waals surface area contributed by atoms with Crippen LogP contribution in [0.2, 0.25) is 5.02 Å². The summed E-state index contributed by atoms with van der Waals surface area (Å²) in [5.41, 5.74) is 2.35. The number of piperazine rings is 1. The van der Waals surface area contributed by atoms with Crippen molar-refractivity contribution in [1.82, 2.24) is 5.32 Å². The van der Waals surface area contributed by atoms with Crippen LogP contribution in [0.15, 0.2) is 18.2 Å². The zero-order valence-electron chi connectivity index (χ0n) is 8.16. The Hall–Kier alpha value is -1.22. The van der Waals surface area contributed by atoms with Gasteiger partial charge in [0.25, 0.3) is 0 Å². The van der Waals surface area contributed by atoms with Crippen LogP contribution in [0.1, 0.15) is 5.56 Å². The molecule has 1 saturated heterocycles. The number of amides is 1. The van der Waals surface area contributed by atoms with Crippen LogP contribution in [-0.2, 0) is 11.2 Å². The minimum absolute atomic E-state index is 0.0211. The van der Waals surface area contributed by atoms with Crippen molar-refractivity contribution in [1.29, 1.82) is 0 Å². The predicted octanol–water partition coefficient (Wildman–Crippen LogP) is 1.20. The maximum absolute atomic E-state index is 11.6. The Balaban J connectivity index is 2.04. The number of hydrogen-bond donors (Lipinski definition) is 1. The van der Waals surface area contributed by atoms with Crippen LogP contribution in [0.25, 0.3) is 0 Å². The molecule has 1 N–H and O–H groups in total. The molecule has 0 saturated carbocycles. The van der Waals surface area contributed by atoms with Gasteiger partial charge in [0.1, 0.15) is 6.04 Å². The third-order valence-corrected chi connectivity index (χ3v) is 3.33. The second-order valence-electron chi connectivity index (χ2n) is 3.98. The highest BCUT2D eigenvalue weighted by atomic mass is 35.5. The van der Waals surface area contributed by atoms with Crippen molar-refractivity contribution in [2.24, 2.45) is 0 Å². The smallest absolute Gasteiger partial charge is 0.243 e. The second-order valence-corrected chi connectivity index (χ2v) is 4.41. The summed E-state index contributed by atoms with van der Waals surface area (Å²) in [5, 5.41) is 3.63. The molecule has 1 atom stereocenters. The van der Waals surface area contributed by atoms with E-state index >= 15 is 0 Å². The fraction of sp³-hybridized carbons (Fsp3) is 0.364. The van der Waals surface area contributed by atoms with E-state index in [4.69, 9.17) is 11.6 Å². The zero-order chi connectivity index (χ0) is 10.4. The Labute approximate surface area is 93.0 Å². The number of carbonyl (C=O) groups is 1. The van der Waals surface area contributed by atoms with E-state index in [2.05, 4.69) is 10.2 Å². The molecule has 1 aromatic rings. The SMILES string of the molecule is O=C1NCCN2c3ccc(Cl)cc3CC12. The average molecular weight is 223 g/mol. The summed E-state index contributed by atoms with van der Waals surface area (Å²) in [7, 11) is 0. The largest absolute Gasteiger partial charge is 0.357 e. The number of anilines is 1. The first kappa shape index (κ1) is 9.04. The average Bonchev–Trinajstić information content (AvgIpc) is 2.57. The van der Waals surface area contributed by atoms with E-state index in [0.717, 1.165) is 24.5 Å². The van der Waals surface area contributed by atoms with Crippen molar-refractivity contribution in [3.8, 4) is 0 Å². The molecule has 0 aromatic heterocycles. The van der Waals surface area contributed by atoms with E-state index in [1.165, 1.54) is 11.3 Å². The number of fused-ring (bicyclic) bond motifs is 3. The van der Waals surface area contributed by atoms with E-state index in [1.807, 2.05) is 18.2 Å². The zero-order valence-corrected chi connectivity index (χ0v) is 8.92. The molecule has 0 aliphatic carbocycles. The number of nitrogens with zero attached hydrogens (tertiary/aromatic N) is 1. The minimum Gasteiger partial charge on any atom is -0.357 e. The van der Waals surface area contributed by atoms with E-state index in [0.29, 0.717) is 0 Å². The first-order valence-electron chi connectivity index (χ1n) is 5.08. The molecule has 1 amide bonds. The first-order chi connectivity index (χ1) is 7.25. The third kappa shape index (κ3) is 1.30. The molecule has 0 spiro atoms. The van der Waals surface area contributed by atoms with Crippen molar-refractivity contribution in [2.75, 3.05) is 18.0 Å². The van der Waals surface area contributed by atoms with Gasteiger partial charge in [0.2, 0.25) is 5.91 Å². The molecule has 3 rings (SSSR count). The molecule has 4 heteroatoms. The van der Waals surface area contributed by atoms with Crippen molar-refractivity contribution in [2.45, 2.75) is 12.5 Å². The van der Waals surface area contributed by atoms with Gasteiger partial charge in [0.05, 0.1) is 0 Å². The van der Waals surface area contributed by atoms with Crippen LogP contribution in [0, 0.1) is 0 Å². The van der Waals surface area contributed by atoms with Crippen molar-refractivity contribution in [3.63, 3.8) is 0 Å². The van der Waals surface area contributed by atoms with Gasteiger partial charge in [0.15, 0.2) is 0 Å². The topological polar surface area (TPSA) is 32.3 Å². The molecule has 15 heavy (non-hydrogen) atoms. The molecule has 78 valence electrons. The highest BCUT2D eigenvalue weighted by molar-refractivity contribution is 6.30. The maximum atomic E-state index is 11.6. The van der Waals surface area contributed by atoms with Gasteiger partial charge in [-0.25, -0.2) is 0 Å². The maximum Gasteiger partial charge on any atom is 0.243 e. The fourth-order valence-electron chi connectivity index (χ4n) is 2.41. The summed E-state index contributed by atoms with van der Waals surface area (Å²) in [4.78, 5) is 13.8.